The highest BCUT2D eigenvalue weighted by atomic mass is 16.5. The van der Waals surface area contributed by atoms with Crippen LogP contribution in [0, 0.1) is 0 Å². The van der Waals surface area contributed by atoms with Crippen LogP contribution in [0.2, 0.25) is 0 Å². The van der Waals surface area contributed by atoms with Crippen molar-refractivity contribution >= 4 is 11.8 Å². The molecule has 1 heterocycles. The predicted molar refractivity (Wildman–Crippen MR) is 96.0 cm³/mol. The van der Waals surface area contributed by atoms with Crippen LogP contribution in [0.25, 0.3) is 11.4 Å². The zero-order chi connectivity index (χ0) is 19.1. The number of amides is 2. The second-order valence-electron chi connectivity index (χ2n) is 5.65. The summed E-state index contributed by atoms with van der Waals surface area (Å²) in [5, 5.41) is 11.9. The molecule has 0 spiro atoms. The molecule has 0 bridgehead atoms. The number of rotatable bonds is 6. The average Bonchev–Trinajstić information content (AvgIpc) is 3.16. The normalized spacial score (nSPS) is 10.4. The number of nitrogens with zero attached hydrogens (tertiary/aromatic N) is 4. The van der Waals surface area contributed by atoms with Gasteiger partial charge in [-0.3, -0.25) is 20.4 Å². The molecule has 0 radical (unpaired) electrons. The summed E-state index contributed by atoms with van der Waals surface area (Å²) in [6, 6.07) is 16.2. The van der Waals surface area contributed by atoms with E-state index in [-0.39, 0.29) is 6.54 Å². The molecule has 0 aliphatic heterocycles. The van der Waals surface area contributed by atoms with Crippen molar-refractivity contribution in [2.45, 2.75) is 13.2 Å². The molecule has 0 aliphatic rings. The van der Waals surface area contributed by atoms with Gasteiger partial charge in [-0.1, -0.05) is 42.5 Å². The van der Waals surface area contributed by atoms with E-state index in [0.717, 1.165) is 15.9 Å². The molecule has 9 nitrogen and oxygen atoms in total. The lowest BCUT2D eigenvalue weighted by atomic mass is 10.1. The highest BCUT2D eigenvalue weighted by Crippen LogP contribution is 2.11. The maximum Gasteiger partial charge on any atom is 0.269 e. The van der Waals surface area contributed by atoms with Gasteiger partial charge >= 0.3 is 0 Å². The lowest BCUT2D eigenvalue weighted by Crippen LogP contribution is -2.43. The van der Waals surface area contributed by atoms with Crippen molar-refractivity contribution in [3.05, 3.63) is 65.7 Å². The zero-order valence-corrected chi connectivity index (χ0v) is 14.6. The first-order valence-corrected chi connectivity index (χ1v) is 8.16. The van der Waals surface area contributed by atoms with Gasteiger partial charge in [0.15, 0.2) is 0 Å². The fraction of sp³-hybridized carbons (Fsp3) is 0.167. The summed E-state index contributed by atoms with van der Waals surface area (Å²) >= 11 is 0. The van der Waals surface area contributed by atoms with Crippen LogP contribution in [0.3, 0.4) is 0 Å². The van der Waals surface area contributed by atoms with Gasteiger partial charge in [0.1, 0.15) is 6.54 Å². The quantitative estimate of drug-likeness (QED) is 0.628. The minimum atomic E-state index is -0.478. The number of hydrogen-bond acceptors (Lipinski definition) is 6. The van der Waals surface area contributed by atoms with Crippen molar-refractivity contribution in [2.24, 2.45) is 0 Å². The van der Waals surface area contributed by atoms with Crippen molar-refractivity contribution in [3.63, 3.8) is 0 Å². The van der Waals surface area contributed by atoms with Gasteiger partial charge in [0.05, 0.1) is 6.61 Å². The summed E-state index contributed by atoms with van der Waals surface area (Å²) in [5.74, 6) is -0.492. The van der Waals surface area contributed by atoms with Crippen LogP contribution in [0.15, 0.2) is 54.6 Å². The number of aromatic nitrogens is 4. The Bertz CT molecular complexity index is 926. The Morgan fingerprint density at radius 3 is 2.67 bits per heavy atom. The smallest absolute Gasteiger partial charge is 0.269 e. The van der Waals surface area contributed by atoms with E-state index in [4.69, 9.17) is 4.74 Å². The summed E-state index contributed by atoms with van der Waals surface area (Å²) in [4.78, 5) is 25.3. The van der Waals surface area contributed by atoms with Crippen LogP contribution in [-0.4, -0.2) is 39.1 Å². The third-order valence-corrected chi connectivity index (χ3v) is 3.59. The molecule has 3 rings (SSSR count). The Balaban J connectivity index is 1.53. The molecule has 2 amide bonds. The molecule has 2 N–H and O–H groups in total. The molecule has 0 aliphatic carbocycles. The summed E-state index contributed by atoms with van der Waals surface area (Å²) < 4.78 is 5.04. The third kappa shape index (κ3) is 4.95. The molecule has 0 saturated heterocycles. The number of hydrazine groups is 1. The third-order valence-electron chi connectivity index (χ3n) is 3.59. The highest BCUT2D eigenvalue weighted by Gasteiger charge is 2.11. The van der Waals surface area contributed by atoms with Crippen molar-refractivity contribution in [1.82, 2.24) is 31.1 Å². The van der Waals surface area contributed by atoms with E-state index in [1.54, 1.807) is 25.3 Å². The first-order chi connectivity index (χ1) is 13.2. The van der Waals surface area contributed by atoms with Gasteiger partial charge in [-0.2, -0.15) is 4.80 Å². The number of methoxy groups -OCH3 is 1. The van der Waals surface area contributed by atoms with E-state index in [9.17, 15) is 9.59 Å². The molecule has 0 fully saturated rings. The number of hydrogen-bond donors (Lipinski definition) is 2. The van der Waals surface area contributed by atoms with E-state index >= 15 is 0 Å². The molecule has 2 aromatic carbocycles. The van der Waals surface area contributed by atoms with E-state index in [1.165, 1.54) is 0 Å². The van der Waals surface area contributed by atoms with Gasteiger partial charge in [0, 0.05) is 18.2 Å². The van der Waals surface area contributed by atoms with Crippen LogP contribution in [0.4, 0.5) is 0 Å². The lowest BCUT2D eigenvalue weighted by Gasteiger charge is -2.08. The first kappa shape index (κ1) is 18.2. The van der Waals surface area contributed by atoms with Crippen LogP contribution in [-0.2, 0) is 22.7 Å². The number of tetrazole rings is 1. The molecule has 0 atom stereocenters. The summed E-state index contributed by atoms with van der Waals surface area (Å²) in [5.41, 5.74) is 6.76. The molecule has 9 heteroatoms. The van der Waals surface area contributed by atoms with Gasteiger partial charge in [-0.05, 0) is 22.9 Å². The number of benzene rings is 2. The van der Waals surface area contributed by atoms with Crippen LogP contribution in [0.1, 0.15) is 15.9 Å². The Hall–Kier alpha value is -3.59. The monoisotopic (exact) mass is 366 g/mol. The number of ether oxygens (including phenoxy) is 1. The van der Waals surface area contributed by atoms with Crippen molar-refractivity contribution < 1.29 is 14.3 Å². The minimum Gasteiger partial charge on any atom is -0.380 e. The van der Waals surface area contributed by atoms with Gasteiger partial charge in [0.25, 0.3) is 11.8 Å². The number of carbonyl (C=O) groups is 2. The van der Waals surface area contributed by atoms with E-state index in [1.807, 2.05) is 36.4 Å². The molecule has 0 unspecified atom stereocenters. The van der Waals surface area contributed by atoms with E-state index < -0.39 is 11.8 Å². The Morgan fingerprint density at radius 2 is 1.89 bits per heavy atom. The minimum absolute atomic E-state index is 0.177. The lowest BCUT2D eigenvalue weighted by molar-refractivity contribution is -0.122. The topological polar surface area (TPSA) is 111 Å². The van der Waals surface area contributed by atoms with E-state index in [0.29, 0.717) is 18.0 Å². The number of nitrogens with one attached hydrogen (secondary N) is 2. The van der Waals surface area contributed by atoms with Gasteiger partial charge in [-0.15, -0.1) is 10.2 Å². The molecule has 0 saturated carbocycles. The summed E-state index contributed by atoms with van der Waals surface area (Å²) in [7, 11) is 1.58. The molecular weight excluding hydrogens is 348 g/mol. The maximum atomic E-state index is 12.1. The van der Waals surface area contributed by atoms with E-state index in [2.05, 4.69) is 26.3 Å². The van der Waals surface area contributed by atoms with Crippen LogP contribution in [0.5, 0.6) is 0 Å². The summed E-state index contributed by atoms with van der Waals surface area (Å²) in [6.07, 6.45) is 0. The first-order valence-electron chi connectivity index (χ1n) is 8.16. The largest absolute Gasteiger partial charge is 0.380 e. The average molecular weight is 366 g/mol. The molecular formula is C18H18N6O3. The SMILES string of the molecule is COCc1cccc(C(=O)NNC(=O)Cn2nnc(-c3ccccc3)n2)c1. The Kier molecular flexibility index (Phi) is 5.85. The van der Waals surface area contributed by atoms with Crippen molar-refractivity contribution in [1.29, 1.82) is 0 Å². The standard InChI is InChI=1S/C18H18N6O3/c1-27-12-13-6-5-9-15(10-13)18(26)21-19-16(25)11-24-22-17(20-23-24)14-7-3-2-4-8-14/h2-10H,11-12H2,1H3,(H,19,25)(H,21,26). The van der Waals surface area contributed by atoms with Crippen LogP contribution < -0.4 is 10.9 Å². The molecule has 27 heavy (non-hydrogen) atoms. The fourth-order valence-electron chi connectivity index (χ4n) is 2.35. The predicted octanol–water partition coefficient (Wildman–Crippen LogP) is 0.948. The molecule has 138 valence electrons. The molecule has 3 aromatic rings. The summed E-state index contributed by atoms with van der Waals surface area (Å²) in [6.45, 7) is 0.221. The Morgan fingerprint density at radius 1 is 1.07 bits per heavy atom. The molecule has 1 aromatic heterocycles. The number of carbonyl (C=O) groups excluding carboxylic acids is 2. The van der Waals surface area contributed by atoms with Crippen molar-refractivity contribution in [2.75, 3.05) is 7.11 Å². The zero-order valence-electron chi connectivity index (χ0n) is 14.6. The Labute approximate surface area is 155 Å². The fourth-order valence-corrected chi connectivity index (χ4v) is 2.35. The highest BCUT2D eigenvalue weighted by molar-refractivity contribution is 5.95. The van der Waals surface area contributed by atoms with Crippen LogP contribution >= 0.6 is 0 Å². The van der Waals surface area contributed by atoms with Crippen molar-refractivity contribution in [3.8, 4) is 11.4 Å². The van der Waals surface area contributed by atoms with Gasteiger partial charge in [0.2, 0.25) is 5.82 Å². The second kappa shape index (κ2) is 8.68. The van der Waals surface area contributed by atoms with Gasteiger partial charge < -0.3 is 4.74 Å². The second-order valence-corrected chi connectivity index (χ2v) is 5.65. The maximum absolute atomic E-state index is 12.1. The van der Waals surface area contributed by atoms with Gasteiger partial charge in [-0.25, -0.2) is 0 Å².